The first kappa shape index (κ1) is 26.3. The van der Waals surface area contributed by atoms with Gasteiger partial charge in [0.15, 0.2) is 0 Å². The molecule has 0 aromatic heterocycles. The van der Waals surface area contributed by atoms with Gasteiger partial charge in [-0.05, 0) is 25.2 Å². The monoisotopic (exact) mass is 367 g/mol. The van der Waals surface area contributed by atoms with E-state index < -0.39 is 23.9 Å². The Morgan fingerprint density at radius 3 is 1.88 bits per heavy atom. The molecule has 0 bridgehead atoms. The van der Waals surface area contributed by atoms with Gasteiger partial charge in [-0.15, -0.1) is 0 Å². The number of hydrogen-bond donors (Lipinski definition) is 2. The summed E-state index contributed by atoms with van der Waals surface area (Å²) in [5.41, 5.74) is 0. The average Bonchev–Trinajstić information content (AvgIpc) is 2.49. The number of unbranched alkanes of at least 4 members (excludes halogenated alkanes) is 8. The molecule has 0 aliphatic rings. The van der Waals surface area contributed by atoms with Crippen LogP contribution in [0.5, 0.6) is 0 Å². The number of aliphatic carboxylic acids is 2. The van der Waals surface area contributed by atoms with Crippen LogP contribution in [0.1, 0.15) is 84.0 Å². The van der Waals surface area contributed by atoms with Gasteiger partial charge in [-0.3, -0.25) is 9.79 Å². The first-order valence-electron chi connectivity index (χ1n) is 8.65. The maximum atomic E-state index is 11.6. The Bertz CT molecular complexity index is 374. The van der Waals surface area contributed by atoms with Crippen LogP contribution in [0.15, 0.2) is 4.99 Å². The quantitative estimate of drug-likeness (QED) is 0.183. The van der Waals surface area contributed by atoms with E-state index in [4.69, 9.17) is 10.2 Å². The largest absolute Gasteiger partial charge is 1.00 e. The van der Waals surface area contributed by atoms with Crippen molar-refractivity contribution in [2.45, 2.75) is 90.0 Å². The van der Waals surface area contributed by atoms with Gasteiger partial charge in [0.2, 0.25) is 0 Å². The third kappa shape index (κ3) is 16.9. The Morgan fingerprint density at radius 1 is 0.917 bits per heavy atom. The summed E-state index contributed by atoms with van der Waals surface area (Å²) >= 11 is 0. The Balaban J connectivity index is 0. The molecule has 1 atom stereocenters. The van der Waals surface area contributed by atoms with Crippen molar-refractivity contribution < 1.29 is 76.3 Å². The molecule has 2 N–H and O–H groups in total. The SMILES string of the molecule is CCCCCCCCCCCC([O-])=N[C@@H](CCC(=O)O)C(=O)O.[K+]. The summed E-state index contributed by atoms with van der Waals surface area (Å²) < 4.78 is 0. The van der Waals surface area contributed by atoms with Crippen LogP contribution in [0.25, 0.3) is 0 Å². The Morgan fingerprint density at radius 2 is 1.42 bits per heavy atom. The van der Waals surface area contributed by atoms with Gasteiger partial charge in [-0.1, -0.05) is 58.3 Å². The molecule has 0 aliphatic heterocycles. The second kappa shape index (κ2) is 17.9. The van der Waals surface area contributed by atoms with Crippen molar-refractivity contribution in [3.63, 3.8) is 0 Å². The Hall–Kier alpha value is 0.0464. The van der Waals surface area contributed by atoms with E-state index in [0.29, 0.717) is 6.42 Å². The fraction of sp³-hybridized carbons (Fsp3) is 0.824. The van der Waals surface area contributed by atoms with Gasteiger partial charge in [-0.2, -0.15) is 0 Å². The van der Waals surface area contributed by atoms with Gasteiger partial charge in [-0.25, -0.2) is 4.79 Å². The molecule has 0 aromatic rings. The number of hydrogen-bond acceptors (Lipinski definition) is 4. The van der Waals surface area contributed by atoms with E-state index in [1.807, 2.05) is 0 Å². The third-order valence-electron chi connectivity index (χ3n) is 3.71. The molecule has 0 saturated heterocycles. The first-order valence-corrected chi connectivity index (χ1v) is 8.65. The van der Waals surface area contributed by atoms with Crippen LogP contribution in [0.4, 0.5) is 0 Å². The minimum Gasteiger partial charge on any atom is -0.862 e. The van der Waals surface area contributed by atoms with E-state index in [0.717, 1.165) is 12.8 Å². The number of carboxylic acids is 2. The van der Waals surface area contributed by atoms with Gasteiger partial charge in [0, 0.05) is 6.42 Å². The average molecular weight is 368 g/mol. The van der Waals surface area contributed by atoms with Crippen LogP contribution in [0.3, 0.4) is 0 Å². The summed E-state index contributed by atoms with van der Waals surface area (Å²) in [4.78, 5) is 25.0. The maximum absolute atomic E-state index is 11.6. The predicted octanol–water partition coefficient (Wildman–Crippen LogP) is -0.0119. The third-order valence-corrected chi connectivity index (χ3v) is 3.71. The van der Waals surface area contributed by atoms with Crippen LogP contribution in [-0.2, 0) is 9.59 Å². The smallest absolute Gasteiger partial charge is 0.862 e. The van der Waals surface area contributed by atoms with Gasteiger partial charge < -0.3 is 15.3 Å². The molecule has 0 aliphatic carbocycles. The molecular formula is C17H30KNO5. The van der Waals surface area contributed by atoms with Crippen LogP contribution < -0.4 is 56.5 Å². The van der Waals surface area contributed by atoms with E-state index in [-0.39, 0.29) is 70.6 Å². The van der Waals surface area contributed by atoms with E-state index in [1.54, 1.807) is 0 Å². The standard InChI is InChI=1S/C17H31NO5.K/c1-2-3-4-5-6-7-8-9-10-11-15(19)18-14(17(22)23)12-13-16(20)21;/h14H,2-13H2,1H3,(H,18,19)(H,20,21)(H,22,23);/q;+1/p-1/t14-;/m0./s1. The molecule has 0 aromatic carbocycles. The summed E-state index contributed by atoms with van der Waals surface area (Å²) in [6.45, 7) is 2.19. The van der Waals surface area contributed by atoms with Crippen molar-refractivity contribution in [2.24, 2.45) is 4.99 Å². The zero-order valence-electron chi connectivity index (χ0n) is 15.1. The molecule has 7 heteroatoms. The minimum absolute atomic E-state index is 0. The van der Waals surface area contributed by atoms with E-state index in [1.165, 1.54) is 38.5 Å². The molecule has 0 saturated carbocycles. The molecule has 0 unspecified atom stereocenters. The molecule has 24 heavy (non-hydrogen) atoms. The van der Waals surface area contributed by atoms with Crippen LogP contribution in [0, 0.1) is 0 Å². The summed E-state index contributed by atoms with van der Waals surface area (Å²) in [7, 11) is 0. The number of carboxylic acid groups (broad SMARTS) is 2. The molecule has 6 nitrogen and oxygen atoms in total. The van der Waals surface area contributed by atoms with Gasteiger partial charge in [0.05, 0.1) is 0 Å². The summed E-state index contributed by atoms with van der Waals surface area (Å²) in [5.74, 6) is -2.77. The van der Waals surface area contributed by atoms with E-state index >= 15 is 0 Å². The van der Waals surface area contributed by atoms with Crippen molar-refractivity contribution in [1.82, 2.24) is 0 Å². The van der Waals surface area contributed by atoms with Crippen molar-refractivity contribution >= 4 is 17.8 Å². The van der Waals surface area contributed by atoms with E-state index in [9.17, 15) is 14.7 Å². The Kier molecular flexibility index (Phi) is 19.6. The number of aliphatic imine (C=N–C) groups is 1. The van der Waals surface area contributed by atoms with Crippen molar-refractivity contribution in [3.05, 3.63) is 0 Å². The topological polar surface area (TPSA) is 110 Å². The normalized spacial score (nSPS) is 12.5. The Labute approximate surface area is 187 Å². The van der Waals surface area contributed by atoms with Gasteiger partial charge in [0.25, 0.3) is 0 Å². The summed E-state index contributed by atoms with van der Waals surface area (Å²) in [6.07, 6.45) is 10.0. The predicted molar refractivity (Wildman–Crippen MR) is 87.6 cm³/mol. The van der Waals surface area contributed by atoms with Crippen LogP contribution >= 0.6 is 0 Å². The van der Waals surface area contributed by atoms with Crippen molar-refractivity contribution in [1.29, 1.82) is 0 Å². The number of nitrogens with zero attached hydrogens (tertiary/aromatic N) is 1. The molecule has 134 valence electrons. The second-order valence-corrected chi connectivity index (χ2v) is 5.89. The van der Waals surface area contributed by atoms with E-state index in [2.05, 4.69) is 11.9 Å². The number of carbonyl (C=O) groups is 2. The summed E-state index contributed by atoms with van der Waals surface area (Å²) in [5, 5.41) is 29.1. The molecule has 0 radical (unpaired) electrons. The van der Waals surface area contributed by atoms with Crippen LogP contribution in [0.2, 0.25) is 0 Å². The fourth-order valence-electron chi connectivity index (χ4n) is 2.33. The molecule has 0 spiro atoms. The summed E-state index contributed by atoms with van der Waals surface area (Å²) in [6, 6.07) is -1.24. The first-order chi connectivity index (χ1) is 11.0. The van der Waals surface area contributed by atoms with Gasteiger partial charge in [0.1, 0.15) is 6.04 Å². The minimum atomic E-state index is -1.24. The zero-order valence-corrected chi connectivity index (χ0v) is 18.3. The van der Waals surface area contributed by atoms with Crippen molar-refractivity contribution in [2.75, 3.05) is 0 Å². The molecule has 0 rings (SSSR count). The maximum Gasteiger partial charge on any atom is 1.00 e. The second-order valence-electron chi connectivity index (χ2n) is 5.89. The fourth-order valence-corrected chi connectivity index (χ4v) is 2.33. The molecule has 0 amide bonds. The van der Waals surface area contributed by atoms with Crippen LogP contribution in [-0.4, -0.2) is 34.1 Å². The molecule has 0 fully saturated rings. The zero-order chi connectivity index (χ0) is 17.5. The van der Waals surface area contributed by atoms with Crippen molar-refractivity contribution in [3.8, 4) is 0 Å². The molecule has 0 heterocycles. The number of rotatable bonds is 15. The van der Waals surface area contributed by atoms with Gasteiger partial charge >= 0.3 is 63.3 Å². The molecular weight excluding hydrogens is 337 g/mol.